The van der Waals surface area contributed by atoms with E-state index in [0.29, 0.717) is 30.3 Å². The molecule has 4 heteroatoms. The van der Waals surface area contributed by atoms with Gasteiger partial charge in [0, 0.05) is 39.2 Å². The van der Waals surface area contributed by atoms with Crippen molar-refractivity contribution in [3.8, 4) is 0 Å². The Hall–Kier alpha value is -2.04. The maximum absolute atomic E-state index is 12.1. The van der Waals surface area contributed by atoms with Crippen LogP contribution in [-0.4, -0.2) is 39.0 Å². The monoisotopic (exact) mass is 450 g/mol. The first-order chi connectivity index (χ1) is 15.8. The highest BCUT2D eigenvalue weighted by Gasteiger charge is 2.56. The first kappa shape index (κ1) is 24.1. The van der Waals surface area contributed by atoms with E-state index in [1.165, 1.54) is 23.1 Å². The molecule has 0 aromatic heterocycles. The van der Waals surface area contributed by atoms with Gasteiger partial charge in [0.25, 0.3) is 0 Å². The summed E-state index contributed by atoms with van der Waals surface area (Å²) in [5.74, 6) is 2.00. The third kappa shape index (κ3) is 4.28. The van der Waals surface area contributed by atoms with Crippen LogP contribution in [0.15, 0.2) is 47.1 Å². The summed E-state index contributed by atoms with van der Waals surface area (Å²) < 4.78 is 10.3. The molecule has 0 aliphatic heterocycles. The zero-order valence-electron chi connectivity index (χ0n) is 20.8. The van der Waals surface area contributed by atoms with E-state index in [2.05, 4.69) is 23.8 Å². The number of Topliss-reactive ketones (excluding diaryl/α,β-unsaturated/α-hetero) is 1. The van der Waals surface area contributed by atoms with Gasteiger partial charge in [-0.15, -0.1) is 0 Å². The Balaban J connectivity index is 0.000000821. The summed E-state index contributed by atoms with van der Waals surface area (Å²) in [6.45, 7) is 4.08. The number of hydrogen-bond acceptors (Lipinski definition) is 4. The number of benzene rings is 1. The molecule has 33 heavy (non-hydrogen) atoms. The zero-order chi connectivity index (χ0) is 23.8. The second-order valence-corrected chi connectivity index (χ2v) is 10.5. The molecule has 0 spiro atoms. The SMILES string of the molecule is COC.CO[C@H]1CC[C@H]2[C@@H]3CCC4=CC(=O)CCC4=C3[C@@H](c3ccc(C(C)=O)cc3)C[C@]12C. The Morgan fingerprint density at radius 3 is 2.33 bits per heavy atom. The van der Waals surface area contributed by atoms with Gasteiger partial charge >= 0.3 is 0 Å². The standard InChI is InChI=1S/C27H32O3.C2H6O/c1-16(28)17-4-6-18(7-5-17)23-15-27(2)24(12-13-25(27)30-3)22-10-8-19-14-20(29)9-11-21(19)26(22)23;1-3-2/h4-7,14,22-25H,8-13,15H2,1-3H3;1-2H3/t22-,23+,24-,25-,27-;/m0./s1. The molecule has 4 aliphatic rings. The fourth-order valence-electron chi connectivity index (χ4n) is 7.25. The van der Waals surface area contributed by atoms with Crippen molar-refractivity contribution >= 4 is 11.6 Å². The number of allylic oxidation sites excluding steroid dienone is 4. The molecule has 4 nitrogen and oxygen atoms in total. The molecule has 1 aromatic carbocycles. The van der Waals surface area contributed by atoms with Crippen molar-refractivity contribution in [2.75, 3.05) is 21.3 Å². The second kappa shape index (κ2) is 9.68. The molecule has 1 aromatic rings. The smallest absolute Gasteiger partial charge is 0.159 e. The Morgan fingerprint density at radius 1 is 1.00 bits per heavy atom. The highest BCUT2D eigenvalue weighted by Crippen LogP contribution is 2.64. The first-order valence-electron chi connectivity index (χ1n) is 12.3. The van der Waals surface area contributed by atoms with Crippen molar-refractivity contribution in [2.24, 2.45) is 17.3 Å². The van der Waals surface area contributed by atoms with Crippen LogP contribution in [0.25, 0.3) is 0 Å². The minimum atomic E-state index is 0.112. The van der Waals surface area contributed by atoms with E-state index >= 15 is 0 Å². The molecule has 0 radical (unpaired) electrons. The van der Waals surface area contributed by atoms with Gasteiger partial charge in [-0.1, -0.05) is 36.8 Å². The van der Waals surface area contributed by atoms with E-state index in [9.17, 15) is 9.59 Å². The summed E-state index contributed by atoms with van der Waals surface area (Å²) in [6.07, 6.45) is 9.45. The minimum absolute atomic E-state index is 0.112. The van der Waals surface area contributed by atoms with Crippen LogP contribution < -0.4 is 0 Å². The number of hydrogen-bond donors (Lipinski definition) is 0. The van der Waals surface area contributed by atoms with Gasteiger partial charge in [0.05, 0.1) is 6.10 Å². The maximum Gasteiger partial charge on any atom is 0.159 e. The number of methoxy groups -OCH3 is 2. The number of carbonyl (C=O) groups excluding carboxylic acids is 2. The van der Waals surface area contributed by atoms with Crippen LogP contribution in [0, 0.1) is 17.3 Å². The normalized spacial score (nSPS) is 32.8. The third-order valence-electron chi connectivity index (χ3n) is 8.65. The van der Waals surface area contributed by atoms with E-state index in [1.807, 2.05) is 25.3 Å². The fraction of sp³-hybridized carbons (Fsp3) is 0.586. The fourth-order valence-corrected chi connectivity index (χ4v) is 7.25. The molecular weight excluding hydrogens is 412 g/mol. The molecule has 0 amide bonds. The van der Waals surface area contributed by atoms with Gasteiger partial charge in [-0.3, -0.25) is 9.59 Å². The van der Waals surface area contributed by atoms with E-state index < -0.39 is 0 Å². The number of ether oxygens (including phenoxy) is 2. The average Bonchev–Trinajstić information content (AvgIpc) is 3.14. The number of fused-ring (bicyclic) bond motifs is 4. The quantitative estimate of drug-likeness (QED) is 0.525. The number of carbonyl (C=O) groups is 2. The van der Waals surface area contributed by atoms with E-state index in [0.717, 1.165) is 37.7 Å². The Kier molecular flexibility index (Phi) is 7.07. The largest absolute Gasteiger partial charge is 0.388 e. The molecule has 5 atom stereocenters. The predicted molar refractivity (Wildman–Crippen MR) is 130 cm³/mol. The van der Waals surface area contributed by atoms with E-state index in [4.69, 9.17) is 4.74 Å². The molecule has 2 saturated carbocycles. The zero-order valence-corrected chi connectivity index (χ0v) is 20.8. The van der Waals surface area contributed by atoms with E-state index in [1.54, 1.807) is 26.7 Å². The summed E-state index contributed by atoms with van der Waals surface area (Å²) in [5.41, 5.74) is 6.65. The van der Waals surface area contributed by atoms with Crippen molar-refractivity contribution < 1.29 is 19.1 Å². The van der Waals surface area contributed by atoms with Crippen LogP contribution in [0.3, 0.4) is 0 Å². The van der Waals surface area contributed by atoms with E-state index in [-0.39, 0.29) is 17.0 Å². The van der Waals surface area contributed by atoms with Gasteiger partial charge in [-0.2, -0.15) is 0 Å². The van der Waals surface area contributed by atoms with Crippen molar-refractivity contribution in [3.05, 3.63) is 58.2 Å². The molecule has 178 valence electrons. The molecule has 0 bridgehead atoms. The first-order valence-corrected chi connectivity index (χ1v) is 12.3. The van der Waals surface area contributed by atoms with Gasteiger partial charge in [-0.25, -0.2) is 0 Å². The molecule has 0 saturated heterocycles. The Bertz CT molecular complexity index is 970. The topological polar surface area (TPSA) is 52.6 Å². The van der Waals surface area contributed by atoms with Gasteiger partial charge in [0.2, 0.25) is 0 Å². The molecular formula is C29H38O4. The Labute approximate surface area is 198 Å². The summed E-state index contributed by atoms with van der Waals surface area (Å²) >= 11 is 0. The van der Waals surface area contributed by atoms with Crippen LogP contribution in [0.5, 0.6) is 0 Å². The number of ketones is 2. The third-order valence-corrected chi connectivity index (χ3v) is 8.65. The molecule has 5 rings (SSSR count). The summed E-state index contributed by atoms with van der Waals surface area (Å²) in [6, 6.07) is 8.30. The summed E-state index contributed by atoms with van der Waals surface area (Å²) in [7, 11) is 5.12. The van der Waals surface area contributed by atoms with Crippen molar-refractivity contribution in [1.82, 2.24) is 0 Å². The van der Waals surface area contributed by atoms with Crippen LogP contribution in [0.4, 0.5) is 0 Å². The van der Waals surface area contributed by atoms with Gasteiger partial charge in [0.15, 0.2) is 11.6 Å². The van der Waals surface area contributed by atoms with Crippen molar-refractivity contribution in [2.45, 2.75) is 70.8 Å². The molecule has 4 aliphatic carbocycles. The van der Waals surface area contributed by atoms with Gasteiger partial charge < -0.3 is 9.47 Å². The van der Waals surface area contributed by atoms with Crippen molar-refractivity contribution in [1.29, 1.82) is 0 Å². The minimum Gasteiger partial charge on any atom is -0.388 e. The lowest BCUT2D eigenvalue weighted by Gasteiger charge is -2.52. The molecule has 0 heterocycles. The van der Waals surface area contributed by atoms with Crippen LogP contribution in [0.1, 0.15) is 80.6 Å². The van der Waals surface area contributed by atoms with Crippen LogP contribution in [0.2, 0.25) is 0 Å². The lowest BCUT2D eigenvalue weighted by atomic mass is 9.53. The molecule has 0 N–H and O–H groups in total. The van der Waals surface area contributed by atoms with Gasteiger partial charge in [-0.05, 0) is 85.5 Å². The highest BCUT2D eigenvalue weighted by molar-refractivity contribution is 5.94. The average molecular weight is 451 g/mol. The summed E-state index contributed by atoms with van der Waals surface area (Å²) in [5, 5.41) is 0. The number of rotatable bonds is 3. The second-order valence-electron chi connectivity index (χ2n) is 10.5. The van der Waals surface area contributed by atoms with Crippen LogP contribution in [-0.2, 0) is 14.3 Å². The highest BCUT2D eigenvalue weighted by atomic mass is 16.5. The predicted octanol–water partition coefficient (Wildman–Crippen LogP) is 6.07. The summed E-state index contributed by atoms with van der Waals surface area (Å²) in [4.78, 5) is 23.9. The Morgan fingerprint density at radius 2 is 1.70 bits per heavy atom. The van der Waals surface area contributed by atoms with Crippen LogP contribution >= 0.6 is 0 Å². The maximum atomic E-state index is 12.1. The molecule has 0 unspecified atom stereocenters. The van der Waals surface area contributed by atoms with Gasteiger partial charge in [0.1, 0.15) is 0 Å². The van der Waals surface area contributed by atoms with Crippen molar-refractivity contribution in [3.63, 3.8) is 0 Å². The lowest BCUT2D eigenvalue weighted by Crippen LogP contribution is -2.45. The molecule has 2 fully saturated rings. The lowest BCUT2D eigenvalue weighted by molar-refractivity contribution is -0.114.